The van der Waals surface area contributed by atoms with Crippen molar-refractivity contribution in [1.29, 1.82) is 0 Å². The average Bonchev–Trinajstić information content (AvgIpc) is 2.76. The maximum Gasteiger partial charge on any atom is 0.326 e. The third-order valence-corrected chi connectivity index (χ3v) is 8.68. The van der Waals surface area contributed by atoms with E-state index in [0.717, 1.165) is 21.3 Å². The fourth-order valence-electron chi connectivity index (χ4n) is 4.19. The van der Waals surface area contributed by atoms with Gasteiger partial charge >= 0.3 is 8.38 Å². The lowest BCUT2D eigenvalue weighted by molar-refractivity contribution is 0.466. The summed E-state index contributed by atoms with van der Waals surface area (Å²) in [6.07, 6.45) is 0. The predicted molar refractivity (Wildman–Crippen MR) is 170 cm³/mol. The second kappa shape index (κ2) is 11.0. The minimum Gasteiger partial charge on any atom is -0.435 e. The second-order valence-electron chi connectivity index (χ2n) is 14.3. The van der Waals surface area contributed by atoms with Crippen LogP contribution in [-0.4, -0.2) is 0 Å². The minimum atomic E-state index is -1.44. The van der Waals surface area contributed by atoms with Crippen molar-refractivity contribution < 1.29 is 9.05 Å². The van der Waals surface area contributed by atoms with Gasteiger partial charge in [0.05, 0.1) is 5.30 Å². The molecule has 0 atom stereocenters. The molecule has 0 aliphatic heterocycles. The lowest BCUT2D eigenvalue weighted by atomic mass is 9.80. The molecule has 0 fully saturated rings. The van der Waals surface area contributed by atoms with Crippen LogP contribution >= 0.6 is 24.3 Å². The van der Waals surface area contributed by atoms with Crippen molar-refractivity contribution >= 4 is 29.6 Å². The van der Waals surface area contributed by atoms with Crippen LogP contribution in [0.2, 0.25) is 0 Å². The molecule has 0 heterocycles. The van der Waals surface area contributed by atoms with E-state index in [4.69, 9.17) is 9.05 Å². The maximum absolute atomic E-state index is 6.86. The first-order valence-corrected chi connectivity index (χ1v) is 15.5. The Morgan fingerprint density at radius 2 is 0.868 bits per heavy atom. The van der Waals surface area contributed by atoms with Crippen LogP contribution in [0.15, 0.2) is 65.1 Å². The molecule has 0 aromatic heterocycles. The van der Waals surface area contributed by atoms with E-state index in [1.54, 1.807) is 0 Å². The quantitative estimate of drug-likeness (QED) is 0.273. The van der Waals surface area contributed by atoms with Gasteiger partial charge in [-0.3, -0.25) is 0 Å². The molecule has 0 spiro atoms. The van der Waals surface area contributed by atoms with Crippen molar-refractivity contribution in [2.45, 2.75) is 105 Å². The third kappa shape index (κ3) is 7.64. The van der Waals surface area contributed by atoms with Crippen molar-refractivity contribution in [2.24, 2.45) is 0 Å². The Kier molecular flexibility index (Phi) is 8.87. The summed E-state index contributed by atoms with van der Waals surface area (Å²) < 4.78 is 14.8. The van der Waals surface area contributed by atoms with Gasteiger partial charge in [0.1, 0.15) is 11.5 Å². The molecule has 4 heteroatoms. The highest BCUT2D eigenvalue weighted by Gasteiger charge is 2.29. The topological polar surface area (TPSA) is 18.5 Å². The molecule has 0 amide bonds. The van der Waals surface area contributed by atoms with Gasteiger partial charge in [0, 0.05) is 15.6 Å². The normalized spacial score (nSPS) is 13.1. The molecule has 3 rings (SSSR count). The first-order valence-electron chi connectivity index (χ1n) is 13.5. The van der Waals surface area contributed by atoms with Gasteiger partial charge < -0.3 is 9.05 Å². The van der Waals surface area contributed by atoms with Crippen LogP contribution in [-0.2, 0) is 21.7 Å². The zero-order chi connectivity index (χ0) is 28.7. The molecule has 0 saturated heterocycles. The average molecular weight is 598 g/mol. The molecule has 0 unspecified atom stereocenters. The minimum absolute atomic E-state index is 0.0574. The Bertz CT molecular complexity index is 1170. The highest BCUT2D eigenvalue weighted by molar-refractivity contribution is 9.10. The Balaban J connectivity index is 2.14. The van der Waals surface area contributed by atoms with Crippen molar-refractivity contribution in [1.82, 2.24) is 0 Å². The number of rotatable bonds is 5. The number of halogens is 1. The summed E-state index contributed by atoms with van der Waals surface area (Å²) in [7, 11) is -1.44. The summed E-state index contributed by atoms with van der Waals surface area (Å²) in [5, 5.41) is 1.03. The summed E-state index contributed by atoms with van der Waals surface area (Å²) in [6, 6.07) is 21.6. The fraction of sp³-hybridized carbons (Fsp3) is 0.471. The van der Waals surface area contributed by atoms with Crippen LogP contribution in [0, 0.1) is 0 Å². The van der Waals surface area contributed by atoms with E-state index in [-0.39, 0.29) is 21.7 Å². The van der Waals surface area contributed by atoms with Crippen LogP contribution in [0.4, 0.5) is 0 Å². The van der Waals surface area contributed by atoms with E-state index in [2.05, 4.69) is 160 Å². The van der Waals surface area contributed by atoms with Crippen molar-refractivity contribution in [3.8, 4) is 11.5 Å². The molecule has 0 radical (unpaired) electrons. The Hall–Kier alpha value is -1.83. The zero-order valence-electron chi connectivity index (χ0n) is 25.4. The molecule has 0 bridgehead atoms. The Morgan fingerprint density at radius 3 is 1.18 bits per heavy atom. The highest BCUT2D eigenvalue weighted by Crippen LogP contribution is 2.47. The fourth-order valence-corrected chi connectivity index (χ4v) is 5.77. The summed E-state index contributed by atoms with van der Waals surface area (Å²) in [6.45, 7) is 27.0. The van der Waals surface area contributed by atoms with Crippen LogP contribution in [0.1, 0.15) is 105 Å². The van der Waals surface area contributed by atoms with Gasteiger partial charge in [-0.15, -0.1) is 0 Å². The molecular weight excluding hydrogens is 551 g/mol. The molecule has 38 heavy (non-hydrogen) atoms. The van der Waals surface area contributed by atoms with E-state index >= 15 is 0 Å². The molecule has 0 N–H and O–H groups in total. The Labute approximate surface area is 241 Å². The van der Waals surface area contributed by atoms with Gasteiger partial charge in [-0.2, -0.15) is 0 Å². The molecule has 2 nitrogen and oxygen atoms in total. The van der Waals surface area contributed by atoms with Gasteiger partial charge in [0.2, 0.25) is 0 Å². The molecule has 3 aromatic rings. The second-order valence-corrected chi connectivity index (χ2v) is 16.6. The van der Waals surface area contributed by atoms with Crippen LogP contribution in [0.25, 0.3) is 0 Å². The van der Waals surface area contributed by atoms with E-state index < -0.39 is 8.38 Å². The van der Waals surface area contributed by atoms with E-state index in [1.807, 2.05) is 0 Å². The lowest BCUT2D eigenvalue weighted by Gasteiger charge is -2.30. The molecule has 206 valence electrons. The van der Waals surface area contributed by atoms with Crippen molar-refractivity contribution in [2.75, 3.05) is 0 Å². The molecule has 0 aliphatic carbocycles. The molecule has 0 saturated carbocycles. The zero-order valence-corrected chi connectivity index (χ0v) is 27.9. The Morgan fingerprint density at radius 1 is 0.500 bits per heavy atom. The van der Waals surface area contributed by atoms with Gasteiger partial charge in [0.15, 0.2) is 0 Å². The van der Waals surface area contributed by atoms with Crippen molar-refractivity contribution in [3.05, 3.63) is 87.4 Å². The van der Waals surface area contributed by atoms with Gasteiger partial charge in [0.25, 0.3) is 0 Å². The van der Waals surface area contributed by atoms with E-state index in [0.29, 0.717) is 0 Å². The molecular formula is C34H46BrO2P. The number of benzene rings is 3. The van der Waals surface area contributed by atoms with Crippen LogP contribution in [0.3, 0.4) is 0 Å². The van der Waals surface area contributed by atoms with Gasteiger partial charge in [-0.1, -0.05) is 123 Å². The number of hydrogen-bond donors (Lipinski definition) is 0. The van der Waals surface area contributed by atoms with E-state index in [1.165, 1.54) is 22.3 Å². The van der Waals surface area contributed by atoms with Gasteiger partial charge in [-0.05, 0) is 69.2 Å². The summed E-state index contributed by atoms with van der Waals surface area (Å²) >= 11 is 3.58. The lowest BCUT2D eigenvalue weighted by Crippen LogP contribution is -2.20. The highest BCUT2D eigenvalue weighted by atomic mass is 79.9. The number of hydrogen-bond acceptors (Lipinski definition) is 2. The predicted octanol–water partition coefficient (Wildman–Crippen LogP) is 10.7. The maximum atomic E-state index is 6.86. The van der Waals surface area contributed by atoms with Gasteiger partial charge in [-0.25, -0.2) is 0 Å². The largest absolute Gasteiger partial charge is 0.435 e. The summed E-state index contributed by atoms with van der Waals surface area (Å²) in [4.78, 5) is 0. The smallest absolute Gasteiger partial charge is 0.326 e. The van der Waals surface area contributed by atoms with E-state index in [9.17, 15) is 0 Å². The summed E-state index contributed by atoms with van der Waals surface area (Å²) in [5.41, 5.74) is 4.94. The summed E-state index contributed by atoms with van der Waals surface area (Å²) in [5.74, 6) is 1.76. The first-order chi connectivity index (χ1) is 17.3. The SMILES string of the molecule is CC(C)(C)c1ccc(OP(Oc2ccc(C(C)(C)C)cc2C(C)(C)C)c2ccc(Br)cc2)c(C(C)(C)C)c1. The standard InChI is InChI=1S/C34H46BrO2P/c1-31(2,3)23-13-19-29(27(21-23)33(7,8)9)36-38(26-17-15-25(35)16-18-26)37-30-20-14-24(32(4,5)6)22-28(30)34(10,11)12/h13-22H,1-12H3. The third-order valence-electron chi connectivity index (χ3n) is 6.71. The van der Waals surface area contributed by atoms with Crippen LogP contribution < -0.4 is 14.4 Å². The van der Waals surface area contributed by atoms with Crippen LogP contribution in [0.5, 0.6) is 11.5 Å². The first kappa shape index (κ1) is 30.7. The van der Waals surface area contributed by atoms with Crippen molar-refractivity contribution in [3.63, 3.8) is 0 Å². The monoisotopic (exact) mass is 596 g/mol. The molecule has 0 aliphatic rings. The molecule has 3 aromatic carbocycles.